The van der Waals surface area contributed by atoms with Crippen LogP contribution in [0.1, 0.15) is 39.6 Å². The number of nitrogens with one attached hydrogen (secondary N) is 1. The molecule has 8 nitrogen and oxygen atoms in total. The quantitative estimate of drug-likeness (QED) is 0.893. The third-order valence-electron chi connectivity index (χ3n) is 2.52. The minimum absolute atomic E-state index is 0.400. The van der Waals surface area contributed by atoms with Gasteiger partial charge in [-0.15, -0.1) is 0 Å². The summed E-state index contributed by atoms with van der Waals surface area (Å²) in [5.41, 5.74) is -0.561. The highest BCUT2D eigenvalue weighted by Crippen LogP contribution is 2.15. The molecule has 2 aromatic heterocycles. The summed E-state index contributed by atoms with van der Waals surface area (Å²) >= 11 is 3.22. The number of amides is 1. The Morgan fingerprint density at radius 1 is 1.32 bits per heavy atom. The summed E-state index contributed by atoms with van der Waals surface area (Å²) in [5.74, 6) is 1.04. The molecule has 0 aliphatic rings. The molecule has 2 heterocycles. The van der Waals surface area contributed by atoms with Crippen LogP contribution in [0.4, 0.5) is 4.79 Å². The Bertz CT molecular complexity index is 649. The van der Waals surface area contributed by atoms with Crippen molar-refractivity contribution in [3.63, 3.8) is 0 Å². The first-order valence-corrected chi connectivity index (χ1v) is 7.43. The van der Waals surface area contributed by atoms with Gasteiger partial charge in [0, 0.05) is 0 Å². The lowest BCUT2D eigenvalue weighted by atomic mass is 10.2. The van der Waals surface area contributed by atoms with E-state index in [1.807, 2.05) is 0 Å². The lowest BCUT2D eigenvalue weighted by Gasteiger charge is -2.21. The van der Waals surface area contributed by atoms with Gasteiger partial charge in [-0.3, -0.25) is 0 Å². The van der Waals surface area contributed by atoms with E-state index in [9.17, 15) is 4.79 Å². The van der Waals surface area contributed by atoms with E-state index >= 15 is 0 Å². The molecule has 9 heteroatoms. The van der Waals surface area contributed by atoms with E-state index in [4.69, 9.17) is 4.74 Å². The molecule has 0 unspecified atom stereocenters. The molecule has 2 rings (SSSR count). The second-order valence-electron chi connectivity index (χ2n) is 5.60. The van der Waals surface area contributed by atoms with Crippen molar-refractivity contribution < 1.29 is 9.53 Å². The van der Waals surface area contributed by atoms with Crippen LogP contribution >= 0.6 is 15.9 Å². The van der Waals surface area contributed by atoms with Crippen molar-refractivity contribution >= 4 is 22.0 Å². The van der Waals surface area contributed by atoms with Gasteiger partial charge in [0.1, 0.15) is 16.5 Å². The van der Waals surface area contributed by atoms with Gasteiger partial charge in [-0.1, -0.05) is 0 Å². The number of nitrogens with zero attached hydrogens (tertiary/aromatic N) is 5. The van der Waals surface area contributed by atoms with Gasteiger partial charge in [0.05, 0.1) is 18.4 Å². The number of hydrogen-bond donors (Lipinski definition) is 1. The van der Waals surface area contributed by atoms with Crippen LogP contribution in [-0.2, 0) is 4.74 Å². The molecule has 0 saturated carbocycles. The Morgan fingerprint density at radius 2 is 2.05 bits per heavy atom. The molecule has 1 amide bonds. The normalized spacial score (nSPS) is 12.8. The van der Waals surface area contributed by atoms with E-state index in [-0.39, 0.29) is 0 Å². The number of carbonyl (C=O) groups excluding carboxylic acids is 1. The van der Waals surface area contributed by atoms with Crippen LogP contribution in [0.25, 0.3) is 5.82 Å². The maximum Gasteiger partial charge on any atom is 0.408 e. The zero-order valence-corrected chi connectivity index (χ0v) is 14.3. The first-order valence-electron chi connectivity index (χ1n) is 6.63. The van der Waals surface area contributed by atoms with Crippen LogP contribution < -0.4 is 5.32 Å². The minimum atomic E-state index is -0.561. The minimum Gasteiger partial charge on any atom is -0.444 e. The van der Waals surface area contributed by atoms with E-state index in [0.29, 0.717) is 16.2 Å². The molecule has 0 saturated heterocycles. The molecule has 2 aromatic rings. The Kier molecular flexibility index (Phi) is 4.74. The monoisotopic (exact) mass is 368 g/mol. The number of ether oxygens (including phenoxy) is 1. The van der Waals surface area contributed by atoms with E-state index in [0.717, 1.165) is 0 Å². The number of alkyl carbamates (subject to hydrolysis) is 1. The number of halogens is 1. The predicted octanol–water partition coefficient (Wildman–Crippen LogP) is 2.41. The van der Waals surface area contributed by atoms with E-state index in [2.05, 4.69) is 41.3 Å². The molecular weight excluding hydrogens is 352 g/mol. The van der Waals surface area contributed by atoms with Crippen molar-refractivity contribution in [3.05, 3.63) is 29.1 Å². The summed E-state index contributed by atoms with van der Waals surface area (Å²) in [6.45, 7) is 7.20. The lowest BCUT2D eigenvalue weighted by molar-refractivity contribution is 0.0505. The summed E-state index contributed by atoms with van der Waals surface area (Å²) in [4.78, 5) is 24.3. The molecular formula is C13H17BrN6O2. The molecule has 0 spiro atoms. The van der Waals surface area contributed by atoms with Gasteiger partial charge >= 0.3 is 6.09 Å². The van der Waals surface area contributed by atoms with Crippen molar-refractivity contribution in [1.82, 2.24) is 30.0 Å². The van der Waals surface area contributed by atoms with Gasteiger partial charge in [0.2, 0.25) is 0 Å². The first kappa shape index (κ1) is 16.3. The van der Waals surface area contributed by atoms with Crippen molar-refractivity contribution in [2.45, 2.75) is 39.3 Å². The molecule has 118 valence electrons. The Morgan fingerprint density at radius 3 is 2.64 bits per heavy atom. The van der Waals surface area contributed by atoms with Crippen molar-refractivity contribution in [1.29, 1.82) is 0 Å². The summed E-state index contributed by atoms with van der Waals surface area (Å²) in [6, 6.07) is -0.400. The van der Waals surface area contributed by atoms with E-state index in [1.54, 1.807) is 40.1 Å². The smallest absolute Gasteiger partial charge is 0.408 e. The molecule has 1 atom stereocenters. The molecule has 1 N–H and O–H groups in total. The molecule has 0 aliphatic carbocycles. The van der Waals surface area contributed by atoms with Gasteiger partial charge < -0.3 is 10.1 Å². The largest absolute Gasteiger partial charge is 0.444 e. The molecule has 0 radical (unpaired) electrons. The summed E-state index contributed by atoms with van der Waals surface area (Å²) in [6.07, 6.45) is 4.00. The Balaban J connectivity index is 2.15. The maximum atomic E-state index is 11.8. The van der Waals surface area contributed by atoms with Crippen molar-refractivity contribution in [2.24, 2.45) is 0 Å². The molecule has 22 heavy (non-hydrogen) atoms. The topological polar surface area (TPSA) is 94.8 Å². The first-order chi connectivity index (χ1) is 10.3. The molecule has 0 aliphatic heterocycles. The molecule has 0 aromatic carbocycles. The van der Waals surface area contributed by atoms with Crippen LogP contribution in [0.2, 0.25) is 0 Å². The zero-order valence-electron chi connectivity index (χ0n) is 12.7. The fourth-order valence-corrected chi connectivity index (χ4v) is 1.89. The SMILES string of the molecule is C[C@H](NC(=O)OC(C)(C)C)c1ncnn1-c1cnc(Br)cn1. The summed E-state index contributed by atoms with van der Waals surface area (Å²) in [5, 5.41) is 6.83. The second-order valence-corrected chi connectivity index (χ2v) is 6.41. The van der Waals surface area contributed by atoms with E-state index < -0.39 is 17.7 Å². The standard InChI is InChI=1S/C13H17BrN6O2/c1-8(19-12(21)22-13(2,3)4)11-17-7-18-20(11)10-6-15-9(14)5-16-10/h5-8H,1-4H3,(H,19,21)/t8-/m0/s1. The predicted molar refractivity (Wildman–Crippen MR) is 82.4 cm³/mol. The average molecular weight is 369 g/mol. The Labute approximate surface area is 136 Å². The number of hydrogen-bond acceptors (Lipinski definition) is 6. The molecule has 0 fully saturated rings. The highest BCUT2D eigenvalue weighted by Gasteiger charge is 2.21. The van der Waals surface area contributed by atoms with E-state index in [1.165, 1.54) is 11.0 Å². The van der Waals surface area contributed by atoms with Crippen molar-refractivity contribution in [2.75, 3.05) is 0 Å². The second kappa shape index (κ2) is 6.39. The summed E-state index contributed by atoms with van der Waals surface area (Å²) < 4.78 is 7.36. The van der Waals surface area contributed by atoms with Crippen LogP contribution in [0.15, 0.2) is 23.3 Å². The van der Waals surface area contributed by atoms with Gasteiger partial charge in [0.25, 0.3) is 0 Å². The van der Waals surface area contributed by atoms with Gasteiger partial charge in [-0.2, -0.15) is 9.78 Å². The van der Waals surface area contributed by atoms with Crippen molar-refractivity contribution in [3.8, 4) is 5.82 Å². The number of rotatable bonds is 3. The van der Waals surface area contributed by atoms with Crippen LogP contribution in [-0.4, -0.2) is 36.4 Å². The van der Waals surface area contributed by atoms with Gasteiger partial charge in [0.15, 0.2) is 11.6 Å². The Hall–Kier alpha value is -2.03. The van der Waals surface area contributed by atoms with Gasteiger partial charge in [-0.25, -0.2) is 19.7 Å². The van der Waals surface area contributed by atoms with Crippen LogP contribution in [0, 0.1) is 0 Å². The van der Waals surface area contributed by atoms with Crippen LogP contribution in [0.5, 0.6) is 0 Å². The lowest BCUT2D eigenvalue weighted by Crippen LogP contribution is -2.35. The average Bonchev–Trinajstić information content (AvgIpc) is 2.86. The fraction of sp³-hybridized carbons (Fsp3) is 0.462. The zero-order chi connectivity index (χ0) is 16.3. The third-order valence-corrected chi connectivity index (χ3v) is 2.93. The fourth-order valence-electron chi connectivity index (χ4n) is 1.69. The highest BCUT2D eigenvalue weighted by molar-refractivity contribution is 9.10. The van der Waals surface area contributed by atoms with Gasteiger partial charge in [-0.05, 0) is 43.6 Å². The highest BCUT2D eigenvalue weighted by atomic mass is 79.9. The molecule has 0 bridgehead atoms. The van der Waals surface area contributed by atoms with Crippen LogP contribution in [0.3, 0.4) is 0 Å². The maximum absolute atomic E-state index is 11.8. The third kappa shape index (κ3) is 4.23. The number of aromatic nitrogens is 5. The summed E-state index contributed by atoms with van der Waals surface area (Å²) in [7, 11) is 0. The number of carbonyl (C=O) groups is 1.